The van der Waals surface area contributed by atoms with Crippen molar-refractivity contribution in [3.63, 3.8) is 0 Å². The summed E-state index contributed by atoms with van der Waals surface area (Å²) >= 11 is 0. The summed E-state index contributed by atoms with van der Waals surface area (Å²) in [6.07, 6.45) is 10.4. The first kappa shape index (κ1) is 11.8. The molecule has 0 aromatic carbocycles. The van der Waals surface area contributed by atoms with Crippen LogP contribution in [0.5, 0.6) is 0 Å². The van der Waals surface area contributed by atoms with Crippen LogP contribution in [0, 0.1) is 0 Å². The van der Waals surface area contributed by atoms with Gasteiger partial charge >= 0.3 is 0 Å². The van der Waals surface area contributed by atoms with Gasteiger partial charge in [0.15, 0.2) is 11.5 Å². The first-order valence-electron chi connectivity index (χ1n) is 5.38. The molecule has 0 fully saturated rings. The Kier molecular flexibility index (Phi) is 4.88. The van der Waals surface area contributed by atoms with Gasteiger partial charge in [0.2, 0.25) is 0 Å². The van der Waals surface area contributed by atoms with Crippen LogP contribution in [0.1, 0.15) is 33.1 Å². The molecule has 0 heterocycles. The van der Waals surface area contributed by atoms with Crippen molar-refractivity contribution in [1.29, 1.82) is 0 Å². The number of Topliss-reactive ketones (excluding diaryl/α,β-unsaturated/α-hetero) is 1. The fourth-order valence-electron chi connectivity index (χ4n) is 1.37. The first-order chi connectivity index (χ1) is 7.24. The van der Waals surface area contributed by atoms with E-state index in [1.807, 2.05) is 38.2 Å². The van der Waals surface area contributed by atoms with Crippen molar-refractivity contribution in [3.05, 3.63) is 35.6 Å². The molecule has 0 bridgehead atoms. The van der Waals surface area contributed by atoms with E-state index >= 15 is 0 Å². The molecule has 0 saturated heterocycles. The summed E-state index contributed by atoms with van der Waals surface area (Å²) in [5.41, 5.74) is 1.12. The predicted octanol–water partition coefficient (Wildman–Crippen LogP) is 3.16. The smallest absolute Gasteiger partial charge is 0.197 e. The Morgan fingerprint density at radius 1 is 1.60 bits per heavy atom. The van der Waals surface area contributed by atoms with E-state index in [0.717, 1.165) is 18.4 Å². The third kappa shape index (κ3) is 4.15. The zero-order valence-corrected chi connectivity index (χ0v) is 9.45. The number of allylic oxidation sites excluding steroid dienone is 5. The second kappa shape index (κ2) is 6.23. The van der Waals surface area contributed by atoms with Crippen molar-refractivity contribution < 1.29 is 9.53 Å². The summed E-state index contributed by atoms with van der Waals surface area (Å²) in [6.45, 7) is 4.47. The third-order valence-electron chi connectivity index (χ3n) is 2.24. The molecule has 0 aromatic rings. The summed E-state index contributed by atoms with van der Waals surface area (Å²) in [4.78, 5) is 11.4. The predicted molar refractivity (Wildman–Crippen MR) is 61.5 cm³/mol. The lowest BCUT2D eigenvalue weighted by molar-refractivity contribution is -0.119. The van der Waals surface area contributed by atoms with Crippen LogP contribution in [0.3, 0.4) is 0 Å². The Morgan fingerprint density at radius 3 is 3.07 bits per heavy atom. The van der Waals surface area contributed by atoms with E-state index in [9.17, 15) is 4.79 Å². The Bertz CT molecular complexity index is 308. The van der Waals surface area contributed by atoms with Gasteiger partial charge in [-0.25, -0.2) is 0 Å². The van der Waals surface area contributed by atoms with Crippen molar-refractivity contribution in [2.75, 3.05) is 6.61 Å². The van der Waals surface area contributed by atoms with E-state index in [2.05, 4.69) is 0 Å². The van der Waals surface area contributed by atoms with Gasteiger partial charge in [0.25, 0.3) is 0 Å². The minimum Gasteiger partial charge on any atom is -0.486 e. The van der Waals surface area contributed by atoms with Crippen molar-refractivity contribution in [2.24, 2.45) is 0 Å². The quantitative estimate of drug-likeness (QED) is 0.660. The molecule has 0 saturated carbocycles. The zero-order valence-electron chi connectivity index (χ0n) is 9.45. The van der Waals surface area contributed by atoms with Crippen LogP contribution < -0.4 is 0 Å². The van der Waals surface area contributed by atoms with Gasteiger partial charge in [0, 0.05) is 6.42 Å². The highest BCUT2D eigenvalue weighted by Crippen LogP contribution is 2.15. The lowest BCUT2D eigenvalue weighted by Crippen LogP contribution is -2.11. The maximum atomic E-state index is 11.4. The average Bonchev–Trinajstić information content (AvgIpc) is 2.25. The molecule has 15 heavy (non-hydrogen) atoms. The molecule has 0 atom stereocenters. The largest absolute Gasteiger partial charge is 0.486 e. The van der Waals surface area contributed by atoms with E-state index in [1.165, 1.54) is 0 Å². The molecule has 0 N–H and O–H groups in total. The van der Waals surface area contributed by atoms with Gasteiger partial charge in [0.1, 0.15) is 6.61 Å². The van der Waals surface area contributed by atoms with E-state index in [0.29, 0.717) is 18.8 Å². The summed E-state index contributed by atoms with van der Waals surface area (Å²) in [6, 6.07) is 0. The standard InChI is InChI=1S/C13H18O2/c1-3-4-7-11(2)10-15-13-9-6-5-8-12(13)14/h3-4,7,9H,5-6,8,10H2,1-2H3/b4-3-,11-7+. The molecule has 0 unspecified atom stereocenters. The summed E-state index contributed by atoms with van der Waals surface area (Å²) in [7, 11) is 0. The maximum Gasteiger partial charge on any atom is 0.197 e. The molecule has 2 heteroatoms. The topological polar surface area (TPSA) is 26.3 Å². The molecular formula is C13H18O2. The highest BCUT2D eigenvalue weighted by atomic mass is 16.5. The monoisotopic (exact) mass is 206 g/mol. The lowest BCUT2D eigenvalue weighted by Gasteiger charge is -2.13. The van der Waals surface area contributed by atoms with Gasteiger partial charge in [-0.3, -0.25) is 4.79 Å². The molecule has 1 aliphatic rings. The van der Waals surface area contributed by atoms with Crippen molar-refractivity contribution in [3.8, 4) is 0 Å². The van der Waals surface area contributed by atoms with Crippen LogP contribution in [0.15, 0.2) is 35.6 Å². The molecule has 2 nitrogen and oxygen atoms in total. The SMILES string of the molecule is C/C=C\C=C(/C)COC1=CCCCC1=O. The normalized spacial score (nSPS) is 18.1. The highest BCUT2D eigenvalue weighted by molar-refractivity contribution is 5.94. The van der Waals surface area contributed by atoms with Crippen LogP contribution in [-0.2, 0) is 9.53 Å². The molecule has 1 rings (SSSR count). The van der Waals surface area contributed by atoms with E-state index in [4.69, 9.17) is 4.74 Å². The number of rotatable bonds is 4. The Morgan fingerprint density at radius 2 is 2.40 bits per heavy atom. The number of hydrogen-bond acceptors (Lipinski definition) is 2. The van der Waals surface area contributed by atoms with Crippen molar-refractivity contribution >= 4 is 5.78 Å². The van der Waals surface area contributed by atoms with Crippen LogP contribution in [0.25, 0.3) is 0 Å². The average molecular weight is 206 g/mol. The molecule has 0 spiro atoms. The Balaban J connectivity index is 2.42. The van der Waals surface area contributed by atoms with Gasteiger partial charge in [-0.05, 0) is 38.3 Å². The van der Waals surface area contributed by atoms with Gasteiger partial charge in [-0.1, -0.05) is 18.2 Å². The van der Waals surface area contributed by atoms with E-state index in [1.54, 1.807) is 0 Å². The molecule has 0 aromatic heterocycles. The van der Waals surface area contributed by atoms with Gasteiger partial charge in [0.05, 0.1) is 0 Å². The van der Waals surface area contributed by atoms with Crippen LogP contribution in [0.2, 0.25) is 0 Å². The van der Waals surface area contributed by atoms with Crippen LogP contribution in [-0.4, -0.2) is 12.4 Å². The molecule has 0 aliphatic heterocycles. The summed E-state index contributed by atoms with van der Waals surface area (Å²) < 4.78 is 5.46. The van der Waals surface area contributed by atoms with Crippen LogP contribution in [0.4, 0.5) is 0 Å². The Hall–Kier alpha value is -1.31. The lowest BCUT2D eigenvalue weighted by atomic mass is 10.1. The van der Waals surface area contributed by atoms with Crippen molar-refractivity contribution in [2.45, 2.75) is 33.1 Å². The minimum atomic E-state index is 0.139. The second-order valence-electron chi connectivity index (χ2n) is 3.71. The van der Waals surface area contributed by atoms with Gasteiger partial charge in [-0.15, -0.1) is 0 Å². The second-order valence-corrected chi connectivity index (χ2v) is 3.71. The number of carbonyl (C=O) groups excluding carboxylic acids is 1. The number of ketones is 1. The fourth-order valence-corrected chi connectivity index (χ4v) is 1.37. The minimum absolute atomic E-state index is 0.139. The molecule has 1 aliphatic carbocycles. The summed E-state index contributed by atoms with van der Waals surface area (Å²) in [5.74, 6) is 0.689. The first-order valence-corrected chi connectivity index (χ1v) is 5.38. The molecular weight excluding hydrogens is 188 g/mol. The number of ether oxygens (including phenoxy) is 1. The van der Waals surface area contributed by atoms with Gasteiger partial charge < -0.3 is 4.74 Å². The maximum absolute atomic E-state index is 11.4. The molecule has 0 amide bonds. The third-order valence-corrected chi connectivity index (χ3v) is 2.24. The zero-order chi connectivity index (χ0) is 11.1. The van der Waals surface area contributed by atoms with E-state index < -0.39 is 0 Å². The fraction of sp³-hybridized carbons (Fsp3) is 0.462. The summed E-state index contributed by atoms with van der Waals surface area (Å²) in [5, 5.41) is 0. The number of carbonyl (C=O) groups is 1. The van der Waals surface area contributed by atoms with Crippen molar-refractivity contribution in [1.82, 2.24) is 0 Å². The number of hydrogen-bond donors (Lipinski definition) is 0. The molecule has 0 radical (unpaired) electrons. The van der Waals surface area contributed by atoms with Crippen LogP contribution >= 0.6 is 0 Å². The molecule has 82 valence electrons. The van der Waals surface area contributed by atoms with Gasteiger partial charge in [-0.2, -0.15) is 0 Å². The highest BCUT2D eigenvalue weighted by Gasteiger charge is 2.14. The van der Waals surface area contributed by atoms with E-state index in [-0.39, 0.29) is 5.78 Å². The Labute approximate surface area is 91.3 Å².